The average molecular weight is 352 g/mol. The molecule has 0 aliphatic heterocycles. The standard InChI is InChI=1S/C13H9BrN2O3S/c14-9-3-1-8(2-4-9)10-7-20-13(15-10)16-11(17)5-6-12(18)19/h1-7H,(H,18,19)(H,15,16,17)/p-1/b6-5+. The molecule has 0 saturated heterocycles. The van der Waals surface area contributed by atoms with Gasteiger partial charge in [0.05, 0.1) is 11.7 Å². The van der Waals surface area contributed by atoms with Gasteiger partial charge in [0.15, 0.2) is 5.13 Å². The smallest absolute Gasteiger partial charge is 0.250 e. The second-order valence-electron chi connectivity index (χ2n) is 3.69. The van der Waals surface area contributed by atoms with Gasteiger partial charge in [0.2, 0.25) is 5.91 Å². The van der Waals surface area contributed by atoms with Crippen LogP contribution >= 0.6 is 27.3 Å². The topological polar surface area (TPSA) is 82.1 Å². The summed E-state index contributed by atoms with van der Waals surface area (Å²) in [5, 5.41) is 14.9. The molecule has 2 aromatic rings. The first-order valence-electron chi connectivity index (χ1n) is 5.46. The molecule has 1 amide bonds. The fourth-order valence-corrected chi connectivity index (χ4v) is 2.36. The molecule has 0 radical (unpaired) electrons. The van der Waals surface area contributed by atoms with Gasteiger partial charge in [-0.2, -0.15) is 0 Å². The number of rotatable bonds is 4. The lowest BCUT2D eigenvalue weighted by molar-refractivity contribution is -0.297. The van der Waals surface area contributed by atoms with Crippen LogP contribution in [0.3, 0.4) is 0 Å². The lowest BCUT2D eigenvalue weighted by Crippen LogP contribution is -2.20. The van der Waals surface area contributed by atoms with Crippen molar-refractivity contribution in [3.05, 3.63) is 46.3 Å². The molecule has 0 unspecified atom stereocenters. The summed E-state index contributed by atoms with van der Waals surface area (Å²) in [5.74, 6) is -1.99. The Morgan fingerprint density at radius 1 is 1.25 bits per heavy atom. The Morgan fingerprint density at radius 2 is 1.95 bits per heavy atom. The summed E-state index contributed by atoms with van der Waals surface area (Å²) in [5.41, 5.74) is 1.66. The van der Waals surface area contributed by atoms with Crippen molar-refractivity contribution < 1.29 is 14.7 Å². The molecule has 7 heteroatoms. The summed E-state index contributed by atoms with van der Waals surface area (Å²) >= 11 is 4.61. The van der Waals surface area contributed by atoms with Crippen LogP contribution in [0.2, 0.25) is 0 Å². The second-order valence-corrected chi connectivity index (χ2v) is 5.46. The number of nitrogens with one attached hydrogen (secondary N) is 1. The van der Waals surface area contributed by atoms with Crippen molar-refractivity contribution in [2.24, 2.45) is 0 Å². The van der Waals surface area contributed by atoms with Crippen LogP contribution in [0.1, 0.15) is 0 Å². The zero-order valence-electron chi connectivity index (χ0n) is 10.00. The van der Waals surface area contributed by atoms with Gasteiger partial charge in [-0.25, -0.2) is 4.98 Å². The number of anilines is 1. The van der Waals surface area contributed by atoms with Gasteiger partial charge in [-0.05, 0) is 18.2 Å². The number of nitrogens with zero attached hydrogens (tertiary/aromatic N) is 1. The Labute approximate surface area is 127 Å². The molecule has 1 heterocycles. The van der Waals surface area contributed by atoms with Crippen molar-refractivity contribution >= 4 is 44.3 Å². The molecule has 1 aromatic carbocycles. The van der Waals surface area contributed by atoms with E-state index in [0.29, 0.717) is 11.2 Å². The van der Waals surface area contributed by atoms with Gasteiger partial charge in [0.1, 0.15) is 0 Å². The third-order valence-corrected chi connectivity index (χ3v) is 3.53. The number of carbonyl (C=O) groups is 2. The van der Waals surface area contributed by atoms with E-state index in [2.05, 4.69) is 26.2 Å². The first kappa shape index (κ1) is 14.4. The van der Waals surface area contributed by atoms with Crippen molar-refractivity contribution in [1.82, 2.24) is 4.98 Å². The maximum Gasteiger partial charge on any atom is 0.250 e. The van der Waals surface area contributed by atoms with Crippen LogP contribution < -0.4 is 10.4 Å². The molecule has 0 aliphatic carbocycles. The van der Waals surface area contributed by atoms with E-state index < -0.39 is 11.9 Å². The number of amides is 1. The van der Waals surface area contributed by atoms with Crippen LogP contribution in [-0.4, -0.2) is 16.9 Å². The number of halogens is 1. The number of aliphatic carboxylic acids is 1. The zero-order chi connectivity index (χ0) is 14.5. The Bertz CT molecular complexity index is 665. The fourth-order valence-electron chi connectivity index (χ4n) is 1.38. The third-order valence-electron chi connectivity index (χ3n) is 2.25. The van der Waals surface area contributed by atoms with E-state index in [1.54, 1.807) is 5.38 Å². The molecule has 0 saturated carbocycles. The highest BCUT2D eigenvalue weighted by Gasteiger charge is 2.06. The van der Waals surface area contributed by atoms with E-state index >= 15 is 0 Å². The summed E-state index contributed by atoms with van der Waals surface area (Å²) < 4.78 is 0.970. The molecule has 5 nitrogen and oxygen atoms in total. The molecule has 1 aromatic heterocycles. The monoisotopic (exact) mass is 351 g/mol. The number of hydrogen-bond acceptors (Lipinski definition) is 5. The predicted molar refractivity (Wildman–Crippen MR) is 78.0 cm³/mol. The van der Waals surface area contributed by atoms with Crippen LogP contribution in [0.5, 0.6) is 0 Å². The van der Waals surface area contributed by atoms with Crippen LogP contribution in [0.25, 0.3) is 11.3 Å². The minimum Gasteiger partial charge on any atom is -0.545 e. The fraction of sp³-hybridized carbons (Fsp3) is 0. The van der Waals surface area contributed by atoms with Crippen molar-refractivity contribution in [2.75, 3.05) is 5.32 Å². The van der Waals surface area contributed by atoms with E-state index in [1.807, 2.05) is 24.3 Å². The van der Waals surface area contributed by atoms with Crippen LogP contribution in [-0.2, 0) is 9.59 Å². The van der Waals surface area contributed by atoms with E-state index in [9.17, 15) is 14.7 Å². The van der Waals surface area contributed by atoms with Gasteiger partial charge in [-0.3, -0.25) is 10.1 Å². The molecule has 20 heavy (non-hydrogen) atoms. The molecule has 102 valence electrons. The Hall–Kier alpha value is -1.99. The van der Waals surface area contributed by atoms with Gasteiger partial charge in [-0.15, -0.1) is 11.3 Å². The third kappa shape index (κ3) is 4.01. The number of aromatic nitrogens is 1. The van der Waals surface area contributed by atoms with Crippen molar-refractivity contribution in [3.8, 4) is 11.3 Å². The van der Waals surface area contributed by atoms with Gasteiger partial charge in [-0.1, -0.05) is 28.1 Å². The van der Waals surface area contributed by atoms with Gasteiger partial charge in [0, 0.05) is 21.5 Å². The van der Waals surface area contributed by atoms with Crippen LogP contribution in [0, 0.1) is 0 Å². The quantitative estimate of drug-likeness (QED) is 0.851. The molecular formula is C13H8BrN2O3S-. The zero-order valence-corrected chi connectivity index (χ0v) is 12.4. The average Bonchev–Trinajstić information content (AvgIpc) is 2.85. The molecule has 2 rings (SSSR count). The molecule has 1 N–H and O–H groups in total. The lowest BCUT2D eigenvalue weighted by atomic mass is 10.2. The molecule has 0 atom stereocenters. The molecule has 0 bridgehead atoms. The predicted octanol–water partition coefficient (Wildman–Crippen LogP) is 1.82. The number of carboxylic acid groups (broad SMARTS) is 1. The van der Waals surface area contributed by atoms with Crippen LogP contribution in [0.15, 0.2) is 46.3 Å². The van der Waals surface area contributed by atoms with E-state index in [4.69, 9.17) is 0 Å². The van der Waals surface area contributed by atoms with Gasteiger partial charge >= 0.3 is 0 Å². The summed E-state index contributed by atoms with van der Waals surface area (Å²) in [6.45, 7) is 0. The van der Waals surface area contributed by atoms with Crippen molar-refractivity contribution in [2.45, 2.75) is 0 Å². The number of carboxylic acids is 1. The highest BCUT2D eigenvalue weighted by Crippen LogP contribution is 2.25. The first-order valence-corrected chi connectivity index (χ1v) is 7.13. The number of hydrogen-bond donors (Lipinski definition) is 1. The van der Waals surface area contributed by atoms with Gasteiger partial charge in [0.25, 0.3) is 0 Å². The molecular weight excluding hydrogens is 344 g/mol. The minimum absolute atomic E-state index is 0.399. The summed E-state index contributed by atoms with van der Waals surface area (Å²) in [4.78, 5) is 25.8. The maximum atomic E-state index is 11.4. The van der Waals surface area contributed by atoms with E-state index in [-0.39, 0.29) is 0 Å². The summed E-state index contributed by atoms with van der Waals surface area (Å²) in [6.07, 6.45) is 1.55. The van der Waals surface area contributed by atoms with Crippen molar-refractivity contribution in [1.29, 1.82) is 0 Å². The Balaban J connectivity index is 2.07. The Kier molecular flexibility index (Phi) is 4.65. The van der Waals surface area contributed by atoms with E-state index in [0.717, 1.165) is 21.8 Å². The summed E-state index contributed by atoms with van der Waals surface area (Å²) in [6, 6.07) is 7.60. The van der Waals surface area contributed by atoms with Crippen LogP contribution in [0.4, 0.5) is 5.13 Å². The largest absolute Gasteiger partial charge is 0.545 e. The highest BCUT2D eigenvalue weighted by atomic mass is 79.9. The number of thiazole rings is 1. The van der Waals surface area contributed by atoms with Crippen molar-refractivity contribution in [3.63, 3.8) is 0 Å². The maximum absolute atomic E-state index is 11.4. The normalized spacial score (nSPS) is 10.7. The highest BCUT2D eigenvalue weighted by molar-refractivity contribution is 9.10. The second kappa shape index (κ2) is 6.44. The number of benzene rings is 1. The Morgan fingerprint density at radius 3 is 2.60 bits per heavy atom. The molecule has 0 spiro atoms. The molecule has 0 fully saturated rings. The number of carbonyl (C=O) groups excluding carboxylic acids is 2. The minimum atomic E-state index is -1.42. The first-order chi connectivity index (χ1) is 9.54. The van der Waals surface area contributed by atoms with Gasteiger partial charge < -0.3 is 9.90 Å². The van der Waals surface area contributed by atoms with E-state index in [1.165, 1.54) is 11.3 Å². The molecule has 0 aliphatic rings. The summed E-state index contributed by atoms with van der Waals surface area (Å²) in [7, 11) is 0. The SMILES string of the molecule is O=C([O-])/C=C/C(=O)Nc1nc(-c2ccc(Br)cc2)cs1. The lowest BCUT2D eigenvalue weighted by Gasteiger charge is -1.97.